The van der Waals surface area contributed by atoms with Crippen LogP contribution in [-0.2, 0) is 5.41 Å². The van der Waals surface area contributed by atoms with Crippen LogP contribution in [0.15, 0.2) is 144 Å². The van der Waals surface area contributed by atoms with E-state index in [1.807, 2.05) is 17.4 Å². The lowest BCUT2D eigenvalue weighted by atomic mass is 9.82. The van der Waals surface area contributed by atoms with Gasteiger partial charge in [-0.05, 0) is 88.3 Å². The summed E-state index contributed by atoms with van der Waals surface area (Å²) in [4.78, 5) is 2.45. The molecule has 2 nitrogen and oxygen atoms in total. The van der Waals surface area contributed by atoms with Crippen LogP contribution in [0, 0.1) is 0 Å². The molecule has 46 heavy (non-hydrogen) atoms. The van der Waals surface area contributed by atoms with Gasteiger partial charge in [0.05, 0.1) is 5.69 Å². The molecule has 218 valence electrons. The Bertz CT molecular complexity index is 2690. The van der Waals surface area contributed by atoms with E-state index in [2.05, 4.69) is 152 Å². The second-order valence-corrected chi connectivity index (χ2v) is 14.0. The molecule has 0 fully saturated rings. The van der Waals surface area contributed by atoms with E-state index < -0.39 is 0 Å². The van der Waals surface area contributed by atoms with Gasteiger partial charge in [-0.15, -0.1) is 11.3 Å². The number of para-hydroxylation sites is 1. The Balaban J connectivity index is 1.27. The summed E-state index contributed by atoms with van der Waals surface area (Å²) in [5, 5.41) is 7.22. The molecule has 1 aliphatic carbocycles. The van der Waals surface area contributed by atoms with Gasteiger partial charge in [-0.25, -0.2) is 0 Å². The van der Waals surface area contributed by atoms with Crippen molar-refractivity contribution in [3.05, 3.63) is 151 Å². The Morgan fingerprint density at radius 3 is 2.17 bits per heavy atom. The van der Waals surface area contributed by atoms with Crippen molar-refractivity contribution >= 4 is 81.3 Å². The molecule has 7 aromatic carbocycles. The third kappa shape index (κ3) is 3.58. The molecule has 0 radical (unpaired) electrons. The minimum absolute atomic E-state index is 0.0445. The van der Waals surface area contributed by atoms with E-state index in [0.29, 0.717) is 0 Å². The van der Waals surface area contributed by atoms with E-state index in [1.54, 1.807) is 0 Å². The first-order chi connectivity index (χ1) is 22.5. The molecule has 0 saturated heterocycles. The molecule has 0 atom stereocenters. The summed E-state index contributed by atoms with van der Waals surface area (Å²) in [6.45, 7) is 4.69. The van der Waals surface area contributed by atoms with Gasteiger partial charge in [-0.3, -0.25) is 0 Å². The minimum Gasteiger partial charge on any atom is -0.456 e. The van der Waals surface area contributed by atoms with Gasteiger partial charge >= 0.3 is 0 Å². The highest BCUT2D eigenvalue weighted by Gasteiger charge is 2.35. The van der Waals surface area contributed by atoms with Crippen LogP contribution in [0.3, 0.4) is 0 Å². The fourth-order valence-corrected chi connectivity index (χ4v) is 8.89. The normalized spacial score (nSPS) is 13.6. The Hall–Kier alpha value is -5.38. The zero-order valence-corrected chi connectivity index (χ0v) is 26.4. The lowest BCUT2D eigenvalue weighted by molar-refractivity contribution is 0.660. The molecule has 2 aromatic heterocycles. The van der Waals surface area contributed by atoms with Crippen LogP contribution < -0.4 is 4.90 Å². The number of fused-ring (bicyclic) bond motifs is 10. The van der Waals surface area contributed by atoms with Crippen molar-refractivity contribution in [2.45, 2.75) is 19.3 Å². The van der Waals surface area contributed by atoms with Gasteiger partial charge in [0, 0.05) is 53.1 Å². The Morgan fingerprint density at radius 1 is 0.500 bits per heavy atom. The SMILES string of the molecule is CC1(C)c2ccccc2-c2cc(N(c3ccc4sc5ccccc5c4c3)c3cccc4cc5oc6ccccc6c5cc34)ccc21. The molecule has 1 aliphatic rings. The number of anilines is 3. The predicted octanol–water partition coefficient (Wildman–Crippen LogP) is 12.9. The van der Waals surface area contributed by atoms with Crippen molar-refractivity contribution < 1.29 is 4.42 Å². The maximum absolute atomic E-state index is 6.30. The zero-order valence-electron chi connectivity index (χ0n) is 25.5. The van der Waals surface area contributed by atoms with Gasteiger partial charge in [-0.2, -0.15) is 0 Å². The number of hydrogen-bond acceptors (Lipinski definition) is 3. The predicted molar refractivity (Wildman–Crippen MR) is 196 cm³/mol. The molecule has 3 heteroatoms. The van der Waals surface area contributed by atoms with Crippen LogP contribution in [0.1, 0.15) is 25.0 Å². The fourth-order valence-electron chi connectivity index (χ4n) is 7.80. The smallest absolute Gasteiger partial charge is 0.136 e. The Morgan fingerprint density at radius 2 is 1.24 bits per heavy atom. The fraction of sp³-hybridized carbons (Fsp3) is 0.0698. The van der Waals surface area contributed by atoms with Crippen LogP contribution >= 0.6 is 11.3 Å². The van der Waals surface area contributed by atoms with E-state index in [9.17, 15) is 0 Å². The van der Waals surface area contributed by atoms with Gasteiger partial charge < -0.3 is 9.32 Å². The van der Waals surface area contributed by atoms with Crippen LogP contribution in [0.4, 0.5) is 17.1 Å². The third-order valence-electron chi connectivity index (χ3n) is 10.0. The molecule has 0 saturated carbocycles. The molecule has 0 spiro atoms. The Labute approximate surface area is 270 Å². The summed E-state index contributed by atoms with van der Waals surface area (Å²) in [5.74, 6) is 0. The van der Waals surface area contributed by atoms with E-state index in [1.165, 1.54) is 47.8 Å². The van der Waals surface area contributed by atoms with Crippen molar-refractivity contribution in [3.63, 3.8) is 0 Å². The van der Waals surface area contributed by atoms with Gasteiger partial charge in [0.2, 0.25) is 0 Å². The largest absolute Gasteiger partial charge is 0.456 e. The van der Waals surface area contributed by atoms with Crippen molar-refractivity contribution in [2.24, 2.45) is 0 Å². The van der Waals surface area contributed by atoms with Gasteiger partial charge in [0.25, 0.3) is 0 Å². The quantitative estimate of drug-likeness (QED) is 0.199. The molecule has 9 aromatic rings. The molecule has 10 rings (SSSR count). The van der Waals surface area contributed by atoms with E-state index in [-0.39, 0.29) is 5.41 Å². The Kier molecular flexibility index (Phi) is 5.25. The molecule has 0 N–H and O–H groups in total. The first kappa shape index (κ1) is 25.9. The van der Waals surface area contributed by atoms with Crippen LogP contribution in [0.2, 0.25) is 0 Å². The number of benzene rings is 7. The maximum atomic E-state index is 6.30. The van der Waals surface area contributed by atoms with E-state index >= 15 is 0 Å². The zero-order chi connectivity index (χ0) is 30.6. The average molecular weight is 608 g/mol. The lowest BCUT2D eigenvalue weighted by Gasteiger charge is -2.28. The molecule has 0 bridgehead atoms. The first-order valence-corrected chi connectivity index (χ1v) is 16.7. The van der Waals surface area contributed by atoms with Gasteiger partial charge in [0.1, 0.15) is 11.2 Å². The average Bonchev–Trinajstić information content (AvgIpc) is 3.71. The van der Waals surface area contributed by atoms with Crippen molar-refractivity contribution in [1.29, 1.82) is 0 Å². The second-order valence-electron chi connectivity index (χ2n) is 13.0. The first-order valence-electron chi connectivity index (χ1n) is 15.8. The van der Waals surface area contributed by atoms with Gasteiger partial charge in [-0.1, -0.05) is 92.7 Å². The van der Waals surface area contributed by atoms with Crippen LogP contribution in [-0.4, -0.2) is 0 Å². The third-order valence-corrected chi connectivity index (χ3v) is 11.2. The van der Waals surface area contributed by atoms with Crippen molar-refractivity contribution in [2.75, 3.05) is 4.90 Å². The summed E-state index contributed by atoms with van der Waals surface area (Å²) in [6, 6.07) is 51.1. The highest BCUT2D eigenvalue weighted by molar-refractivity contribution is 7.25. The molecule has 0 aliphatic heterocycles. The second kappa shape index (κ2) is 9.32. The standard InChI is InChI=1S/C43H29NOS/c1-43(2)36-14-6-3-11-29(36)33-23-27(18-20-37(33)43)44(28-19-21-42-35(24-28)31-13-5-8-17-41(31)46-42)38-15-9-10-26-22-40-34(25-32(26)38)30-12-4-7-16-39(30)45-40/h3-25H,1-2H3. The summed E-state index contributed by atoms with van der Waals surface area (Å²) in [7, 11) is 0. The minimum atomic E-state index is -0.0445. The number of rotatable bonds is 3. The summed E-state index contributed by atoms with van der Waals surface area (Å²) in [6.07, 6.45) is 0. The molecular formula is C43H29NOS. The summed E-state index contributed by atoms with van der Waals surface area (Å²) < 4.78 is 8.92. The molecule has 0 amide bonds. The van der Waals surface area contributed by atoms with Crippen molar-refractivity contribution in [3.8, 4) is 11.1 Å². The topological polar surface area (TPSA) is 16.4 Å². The number of hydrogen-bond donors (Lipinski definition) is 0. The number of furan rings is 1. The van der Waals surface area contributed by atoms with Crippen molar-refractivity contribution in [1.82, 2.24) is 0 Å². The lowest BCUT2D eigenvalue weighted by Crippen LogP contribution is -2.15. The van der Waals surface area contributed by atoms with Crippen LogP contribution in [0.5, 0.6) is 0 Å². The molecule has 2 heterocycles. The highest BCUT2D eigenvalue weighted by Crippen LogP contribution is 2.51. The summed E-state index contributed by atoms with van der Waals surface area (Å²) in [5.41, 5.74) is 10.6. The van der Waals surface area contributed by atoms with E-state index in [0.717, 1.165) is 44.4 Å². The number of nitrogens with zero attached hydrogens (tertiary/aromatic N) is 1. The van der Waals surface area contributed by atoms with Crippen LogP contribution in [0.25, 0.3) is 64.0 Å². The molecule has 0 unspecified atom stereocenters. The summed E-state index contributed by atoms with van der Waals surface area (Å²) >= 11 is 1.86. The maximum Gasteiger partial charge on any atom is 0.136 e. The van der Waals surface area contributed by atoms with Gasteiger partial charge in [0.15, 0.2) is 0 Å². The molecular weight excluding hydrogens is 579 g/mol. The monoisotopic (exact) mass is 607 g/mol. The number of thiophene rings is 1. The highest BCUT2D eigenvalue weighted by atomic mass is 32.1. The van der Waals surface area contributed by atoms with E-state index in [4.69, 9.17) is 4.42 Å².